The molecule has 4 aromatic rings. The van der Waals surface area contributed by atoms with Gasteiger partial charge in [0.05, 0.1) is 6.42 Å². The summed E-state index contributed by atoms with van der Waals surface area (Å²) in [5.41, 5.74) is 3.22. The topological polar surface area (TPSA) is 80.9 Å². The highest BCUT2D eigenvalue weighted by Crippen LogP contribution is 2.21. The highest BCUT2D eigenvalue weighted by atomic mass is 35.5. The number of pyridine rings is 1. The Morgan fingerprint density at radius 1 is 1.07 bits per heavy atom. The molecule has 0 radical (unpaired) electrons. The number of benzene rings is 2. The molecule has 0 aliphatic carbocycles. The van der Waals surface area contributed by atoms with Gasteiger partial charge >= 0.3 is 0 Å². The van der Waals surface area contributed by atoms with E-state index in [0.29, 0.717) is 28.8 Å². The summed E-state index contributed by atoms with van der Waals surface area (Å²) < 4.78 is 5.37. The standard InChI is InChI=1S/C23H17ClN4O2/c24-19-10-7-16(8-11-19)9-12-21(29)26-20-6-2-1-4-17(20)14-22-27-23(28-30-22)18-5-3-13-25-15-18/h1-13,15H,14H2,(H,26,29)/b12-9+. The van der Waals surface area contributed by atoms with Crippen LogP contribution in [0.25, 0.3) is 17.5 Å². The van der Waals surface area contributed by atoms with Gasteiger partial charge in [-0.2, -0.15) is 4.98 Å². The number of anilines is 1. The molecule has 7 heteroatoms. The van der Waals surface area contributed by atoms with Gasteiger partial charge in [0, 0.05) is 34.7 Å². The fourth-order valence-corrected chi connectivity index (χ4v) is 2.94. The molecule has 1 N–H and O–H groups in total. The SMILES string of the molecule is O=C(/C=C/c1ccc(Cl)cc1)Nc1ccccc1Cc1nc(-c2cccnc2)no1. The number of amides is 1. The molecule has 0 aliphatic rings. The summed E-state index contributed by atoms with van der Waals surface area (Å²) in [5, 5.41) is 7.56. The average molecular weight is 417 g/mol. The fraction of sp³-hybridized carbons (Fsp3) is 0.0435. The predicted molar refractivity (Wildman–Crippen MR) is 116 cm³/mol. The molecule has 4 rings (SSSR count). The van der Waals surface area contributed by atoms with Crippen molar-refractivity contribution < 1.29 is 9.32 Å². The zero-order valence-electron chi connectivity index (χ0n) is 15.8. The Bertz CT molecular complexity index is 1170. The van der Waals surface area contributed by atoms with Crippen molar-refractivity contribution in [3.63, 3.8) is 0 Å². The van der Waals surface area contributed by atoms with Crippen molar-refractivity contribution >= 4 is 29.3 Å². The normalized spacial score (nSPS) is 11.0. The summed E-state index contributed by atoms with van der Waals surface area (Å²) in [6.07, 6.45) is 6.96. The van der Waals surface area contributed by atoms with Crippen LogP contribution in [0.3, 0.4) is 0 Å². The first kappa shape index (κ1) is 19.5. The molecule has 1 amide bonds. The molecule has 30 heavy (non-hydrogen) atoms. The number of halogens is 1. The van der Waals surface area contributed by atoms with E-state index in [2.05, 4.69) is 20.4 Å². The first-order chi connectivity index (χ1) is 14.7. The Morgan fingerprint density at radius 3 is 2.70 bits per heavy atom. The van der Waals surface area contributed by atoms with Crippen molar-refractivity contribution in [1.82, 2.24) is 15.1 Å². The fourth-order valence-electron chi connectivity index (χ4n) is 2.82. The molecule has 2 aromatic carbocycles. The van der Waals surface area contributed by atoms with Crippen LogP contribution >= 0.6 is 11.6 Å². The second-order valence-corrected chi connectivity index (χ2v) is 6.90. The van der Waals surface area contributed by atoms with Gasteiger partial charge in [-0.05, 0) is 47.5 Å². The number of hydrogen-bond donors (Lipinski definition) is 1. The maximum Gasteiger partial charge on any atom is 0.248 e. The lowest BCUT2D eigenvalue weighted by Crippen LogP contribution is -2.10. The number of aromatic nitrogens is 3. The lowest BCUT2D eigenvalue weighted by molar-refractivity contribution is -0.111. The summed E-state index contributed by atoms with van der Waals surface area (Å²) in [7, 11) is 0. The number of hydrogen-bond acceptors (Lipinski definition) is 5. The van der Waals surface area contributed by atoms with Crippen molar-refractivity contribution in [3.05, 3.63) is 101 Å². The van der Waals surface area contributed by atoms with E-state index in [0.717, 1.165) is 16.7 Å². The van der Waals surface area contributed by atoms with E-state index in [1.807, 2.05) is 48.5 Å². The second-order valence-electron chi connectivity index (χ2n) is 6.46. The monoisotopic (exact) mass is 416 g/mol. The lowest BCUT2D eigenvalue weighted by Gasteiger charge is -2.08. The molecule has 6 nitrogen and oxygen atoms in total. The van der Waals surface area contributed by atoms with Crippen LogP contribution in [0.15, 0.2) is 83.7 Å². The van der Waals surface area contributed by atoms with Gasteiger partial charge in [-0.3, -0.25) is 9.78 Å². The van der Waals surface area contributed by atoms with Gasteiger partial charge in [-0.25, -0.2) is 0 Å². The quantitative estimate of drug-likeness (QED) is 0.446. The minimum Gasteiger partial charge on any atom is -0.339 e. The van der Waals surface area contributed by atoms with Gasteiger partial charge in [0.25, 0.3) is 0 Å². The molecular formula is C23H17ClN4O2. The van der Waals surface area contributed by atoms with Gasteiger partial charge in [0.15, 0.2) is 0 Å². The van der Waals surface area contributed by atoms with E-state index in [1.165, 1.54) is 6.08 Å². The van der Waals surface area contributed by atoms with Crippen LogP contribution < -0.4 is 5.32 Å². The Kier molecular flexibility index (Phi) is 5.96. The summed E-state index contributed by atoms with van der Waals surface area (Å²) >= 11 is 5.88. The Labute approximate surface area is 178 Å². The molecule has 0 saturated carbocycles. The lowest BCUT2D eigenvalue weighted by atomic mass is 10.1. The van der Waals surface area contributed by atoms with Gasteiger partial charge < -0.3 is 9.84 Å². The number of nitrogens with zero attached hydrogens (tertiary/aromatic N) is 3. The molecule has 0 saturated heterocycles. The predicted octanol–water partition coefficient (Wildman–Crippen LogP) is 5.03. The molecule has 0 atom stereocenters. The highest BCUT2D eigenvalue weighted by molar-refractivity contribution is 6.30. The van der Waals surface area contributed by atoms with Gasteiger partial charge in [-0.15, -0.1) is 0 Å². The largest absolute Gasteiger partial charge is 0.339 e. The van der Waals surface area contributed by atoms with Crippen molar-refractivity contribution in [3.8, 4) is 11.4 Å². The molecule has 0 bridgehead atoms. The van der Waals surface area contributed by atoms with Crippen molar-refractivity contribution in [1.29, 1.82) is 0 Å². The maximum atomic E-state index is 12.4. The Balaban J connectivity index is 1.46. The summed E-state index contributed by atoms with van der Waals surface area (Å²) in [6, 6.07) is 18.4. The highest BCUT2D eigenvalue weighted by Gasteiger charge is 2.12. The van der Waals surface area contributed by atoms with Crippen LogP contribution in [-0.4, -0.2) is 21.0 Å². The summed E-state index contributed by atoms with van der Waals surface area (Å²) in [4.78, 5) is 20.9. The first-order valence-corrected chi connectivity index (χ1v) is 9.61. The number of rotatable bonds is 6. The van der Waals surface area contributed by atoms with Crippen molar-refractivity contribution in [2.45, 2.75) is 6.42 Å². The number of para-hydroxylation sites is 1. The van der Waals surface area contributed by atoms with Crippen LogP contribution in [0.1, 0.15) is 17.0 Å². The molecule has 0 unspecified atom stereocenters. The van der Waals surface area contributed by atoms with Gasteiger partial charge in [-0.1, -0.05) is 47.1 Å². The summed E-state index contributed by atoms with van der Waals surface area (Å²) in [5.74, 6) is 0.691. The van der Waals surface area contributed by atoms with E-state index in [4.69, 9.17) is 16.1 Å². The van der Waals surface area contributed by atoms with E-state index >= 15 is 0 Å². The van der Waals surface area contributed by atoms with Crippen LogP contribution in [0.4, 0.5) is 5.69 Å². The maximum absolute atomic E-state index is 12.4. The van der Waals surface area contributed by atoms with E-state index in [-0.39, 0.29) is 5.91 Å². The Hall–Kier alpha value is -3.77. The molecule has 2 heterocycles. The van der Waals surface area contributed by atoms with Crippen LogP contribution in [0, 0.1) is 0 Å². The molecule has 0 spiro atoms. The minimum atomic E-state index is -0.237. The zero-order valence-corrected chi connectivity index (χ0v) is 16.6. The van der Waals surface area contributed by atoms with Gasteiger partial charge in [0.2, 0.25) is 17.6 Å². The van der Waals surface area contributed by atoms with Gasteiger partial charge in [0.1, 0.15) is 0 Å². The molecular weight excluding hydrogens is 400 g/mol. The van der Waals surface area contributed by atoms with Crippen LogP contribution in [-0.2, 0) is 11.2 Å². The van der Waals surface area contributed by atoms with E-state index < -0.39 is 0 Å². The van der Waals surface area contributed by atoms with Crippen molar-refractivity contribution in [2.75, 3.05) is 5.32 Å². The minimum absolute atomic E-state index is 0.237. The number of carbonyl (C=O) groups is 1. The Morgan fingerprint density at radius 2 is 1.90 bits per heavy atom. The van der Waals surface area contributed by atoms with E-state index in [1.54, 1.807) is 30.6 Å². The van der Waals surface area contributed by atoms with Crippen LogP contribution in [0.2, 0.25) is 5.02 Å². The summed E-state index contributed by atoms with van der Waals surface area (Å²) in [6.45, 7) is 0. The molecule has 0 aliphatic heterocycles. The third-order valence-electron chi connectivity index (χ3n) is 4.30. The number of carbonyl (C=O) groups excluding carboxylic acids is 1. The third-order valence-corrected chi connectivity index (χ3v) is 4.55. The average Bonchev–Trinajstić information content (AvgIpc) is 3.24. The molecule has 148 valence electrons. The number of nitrogens with one attached hydrogen (secondary N) is 1. The second kappa shape index (κ2) is 9.15. The third kappa shape index (κ3) is 4.98. The van der Waals surface area contributed by atoms with Crippen molar-refractivity contribution in [2.24, 2.45) is 0 Å². The smallest absolute Gasteiger partial charge is 0.248 e. The van der Waals surface area contributed by atoms with Crippen LogP contribution in [0.5, 0.6) is 0 Å². The van der Waals surface area contributed by atoms with E-state index in [9.17, 15) is 4.79 Å². The molecule has 2 aromatic heterocycles. The molecule has 0 fully saturated rings. The zero-order chi connectivity index (χ0) is 20.8. The first-order valence-electron chi connectivity index (χ1n) is 9.23.